The van der Waals surface area contributed by atoms with Gasteiger partial charge >= 0.3 is 5.97 Å². The van der Waals surface area contributed by atoms with Crippen LogP contribution in [0.25, 0.3) is 0 Å². The van der Waals surface area contributed by atoms with Crippen molar-refractivity contribution >= 4 is 34.9 Å². The van der Waals surface area contributed by atoms with E-state index in [2.05, 4.69) is 0 Å². The molecule has 0 spiro atoms. The number of benzene rings is 1. The van der Waals surface area contributed by atoms with Crippen molar-refractivity contribution in [2.45, 2.75) is 6.10 Å². The average Bonchev–Trinajstić information content (AvgIpc) is 2.16. The number of aliphatic hydroxyl groups excluding tert-OH is 1. The van der Waals surface area contributed by atoms with Crippen LogP contribution in [0.3, 0.4) is 0 Å². The lowest BCUT2D eigenvalue weighted by Gasteiger charge is -2.10. The summed E-state index contributed by atoms with van der Waals surface area (Å²) in [6, 6.07) is 2.13. The number of hydrogen-bond acceptors (Lipinski definition) is 4. The number of nitrogens with zero attached hydrogens (tertiary/aromatic N) is 1. The summed E-state index contributed by atoms with van der Waals surface area (Å²) in [4.78, 5) is 20.3. The van der Waals surface area contributed by atoms with Gasteiger partial charge in [-0.15, -0.1) is 0 Å². The fraction of sp³-hybridized carbons (Fsp3) is 0.125. The lowest BCUT2D eigenvalue weighted by atomic mass is 10.1. The largest absolute Gasteiger partial charge is 0.479 e. The lowest BCUT2D eigenvalue weighted by Crippen LogP contribution is -2.12. The molecule has 0 aliphatic heterocycles. The van der Waals surface area contributed by atoms with Gasteiger partial charge in [0.2, 0.25) is 0 Å². The van der Waals surface area contributed by atoms with Gasteiger partial charge in [0.1, 0.15) is 5.02 Å². The SMILES string of the molecule is O=C(O)C(O)c1c(Cl)ccc([N+](=O)[O-])c1Cl. The Balaban J connectivity index is 3.43. The van der Waals surface area contributed by atoms with Gasteiger partial charge in [0.05, 0.1) is 4.92 Å². The van der Waals surface area contributed by atoms with Crippen LogP contribution in [0.1, 0.15) is 11.7 Å². The van der Waals surface area contributed by atoms with Crippen molar-refractivity contribution in [2.24, 2.45) is 0 Å². The minimum atomic E-state index is -2.00. The van der Waals surface area contributed by atoms with Crippen molar-refractivity contribution < 1.29 is 19.9 Å². The number of halogens is 2. The van der Waals surface area contributed by atoms with Crippen LogP contribution in [-0.2, 0) is 4.79 Å². The molecular weight excluding hydrogens is 261 g/mol. The van der Waals surface area contributed by atoms with E-state index in [9.17, 15) is 20.0 Å². The van der Waals surface area contributed by atoms with Crippen LogP contribution < -0.4 is 0 Å². The second-order valence-corrected chi connectivity index (χ2v) is 3.58. The first-order chi connectivity index (χ1) is 7.36. The highest BCUT2D eigenvalue weighted by Gasteiger charge is 2.27. The van der Waals surface area contributed by atoms with Crippen molar-refractivity contribution in [3.63, 3.8) is 0 Å². The molecule has 1 atom stereocenters. The monoisotopic (exact) mass is 265 g/mol. The molecule has 0 fully saturated rings. The van der Waals surface area contributed by atoms with Gasteiger partial charge in [-0.05, 0) is 6.07 Å². The minimum Gasteiger partial charge on any atom is -0.479 e. The third-order valence-electron chi connectivity index (χ3n) is 1.81. The van der Waals surface area contributed by atoms with Gasteiger partial charge in [-0.1, -0.05) is 23.2 Å². The number of carboxylic acids is 1. The number of aliphatic carboxylic acids is 1. The molecule has 1 rings (SSSR count). The molecule has 0 saturated heterocycles. The Hall–Kier alpha value is -1.37. The molecule has 0 radical (unpaired) electrons. The Labute approximate surface area is 99.2 Å². The predicted octanol–water partition coefficient (Wildman–Crippen LogP) is 2.02. The highest BCUT2D eigenvalue weighted by atomic mass is 35.5. The quantitative estimate of drug-likeness (QED) is 0.643. The van der Waals surface area contributed by atoms with Crippen LogP contribution in [-0.4, -0.2) is 21.1 Å². The number of carbonyl (C=O) groups is 1. The third kappa shape index (κ3) is 2.24. The Morgan fingerprint density at radius 3 is 2.44 bits per heavy atom. The molecule has 0 aliphatic carbocycles. The fourth-order valence-electron chi connectivity index (χ4n) is 1.07. The standard InChI is InChI=1S/C8H5Cl2NO5/c9-3-1-2-4(11(15)16)6(10)5(3)7(12)8(13)14/h1-2,7,12H,(H,13,14). The van der Waals surface area contributed by atoms with Crippen LogP contribution in [0.15, 0.2) is 12.1 Å². The first kappa shape index (κ1) is 12.7. The zero-order valence-corrected chi connectivity index (χ0v) is 9.07. The summed E-state index contributed by atoms with van der Waals surface area (Å²) < 4.78 is 0. The van der Waals surface area contributed by atoms with E-state index in [1.807, 2.05) is 0 Å². The minimum absolute atomic E-state index is 0.148. The van der Waals surface area contributed by atoms with Gasteiger partial charge in [0, 0.05) is 16.7 Å². The second-order valence-electron chi connectivity index (χ2n) is 2.79. The second kappa shape index (κ2) is 4.65. The molecule has 0 bridgehead atoms. The van der Waals surface area contributed by atoms with Gasteiger partial charge in [-0.2, -0.15) is 0 Å². The summed E-state index contributed by atoms with van der Waals surface area (Å²) >= 11 is 11.2. The zero-order valence-electron chi connectivity index (χ0n) is 7.55. The molecule has 2 N–H and O–H groups in total. The number of rotatable bonds is 3. The molecule has 1 aromatic rings. The van der Waals surface area contributed by atoms with Gasteiger partial charge in [0.25, 0.3) is 5.69 Å². The van der Waals surface area contributed by atoms with E-state index < -0.39 is 27.7 Å². The number of nitro groups is 1. The molecule has 16 heavy (non-hydrogen) atoms. The van der Waals surface area contributed by atoms with Crippen LogP contribution in [0.2, 0.25) is 10.0 Å². The fourth-order valence-corrected chi connectivity index (χ4v) is 1.72. The summed E-state index contributed by atoms with van der Waals surface area (Å²) in [5.41, 5.74) is -0.897. The molecule has 8 heteroatoms. The van der Waals surface area contributed by atoms with Gasteiger partial charge in [-0.3, -0.25) is 10.1 Å². The van der Waals surface area contributed by atoms with Crippen LogP contribution >= 0.6 is 23.2 Å². The molecule has 86 valence electrons. The molecule has 0 aromatic heterocycles. The Kier molecular flexibility index (Phi) is 3.69. The smallest absolute Gasteiger partial charge is 0.337 e. The van der Waals surface area contributed by atoms with Crippen molar-refractivity contribution in [1.29, 1.82) is 0 Å². The zero-order chi connectivity index (χ0) is 12.5. The van der Waals surface area contributed by atoms with Gasteiger partial charge in [0.15, 0.2) is 6.10 Å². The molecule has 1 aromatic carbocycles. The molecule has 0 heterocycles. The Bertz CT molecular complexity index is 462. The van der Waals surface area contributed by atoms with E-state index in [-0.39, 0.29) is 10.6 Å². The van der Waals surface area contributed by atoms with Crippen LogP contribution in [0, 0.1) is 10.1 Å². The van der Waals surface area contributed by atoms with Crippen molar-refractivity contribution in [3.8, 4) is 0 Å². The van der Waals surface area contributed by atoms with E-state index in [1.165, 1.54) is 0 Å². The van der Waals surface area contributed by atoms with Crippen LogP contribution in [0.5, 0.6) is 0 Å². The van der Waals surface area contributed by atoms with E-state index in [0.29, 0.717) is 0 Å². The highest BCUT2D eigenvalue weighted by molar-refractivity contribution is 6.37. The van der Waals surface area contributed by atoms with Crippen molar-refractivity contribution in [2.75, 3.05) is 0 Å². The third-order valence-corrected chi connectivity index (χ3v) is 2.54. The number of hydrogen-bond donors (Lipinski definition) is 2. The van der Waals surface area contributed by atoms with Crippen LogP contribution in [0.4, 0.5) is 5.69 Å². The summed E-state index contributed by atoms with van der Waals surface area (Å²) in [5.74, 6) is -1.59. The molecule has 0 amide bonds. The molecular formula is C8H5Cl2NO5. The molecule has 1 unspecified atom stereocenters. The maximum atomic E-state index is 10.5. The summed E-state index contributed by atoms with van der Waals surface area (Å²) in [6.45, 7) is 0. The van der Waals surface area contributed by atoms with E-state index in [4.69, 9.17) is 28.3 Å². The van der Waals surface area contributed by atoms with Gasteiger partial charge < -0.3 is 10.2 Å². The first-order valence-corrected chi connectivity index (χ1v) is 4.65. The van der Waals surface area contributed by atoms with Crippen molar-refractivity contribution in [3.05, 3.63) is 37.9 Å². The maximum Gasteiger partial charge on any atom is 0.337 e. The van der Waals surface area contributed by atoms with E-state index in [1.54, 1.807) is 0 Å². The number of aliphatic hydroxyl groups is 1. The normalized spacial score (nSPS) is 12.2. The summed E-state index contributed by atoms with van der Waals surface area (Å²) in [6.07, 6.45) is -2.00. The average molecular weight is 266 g/mol. The predicted molar refractivity (Wildman–Crippen MR) is 55.7 cm³/mol. The Morgan fingerprint density at radius 1 is 1.44 bits per heavy atom. The number of carboxylic acid groups (broad SMARTS) is 1. The lowest BCUT2D eigenvalue weighted by molar-refractivity contribution is -0.384. The molecule has 0 aliphatic rings. The van der Waals surface area contributed by atoms with E-state index in [0.717, 1.165) is 12.1 Å². The first-order valence-electron chi connectivity index (χ1n) is 3.89. The van der Waals surface area contributed by atoms with Gasteiger partial charge in [-0.25, -0.2) is 4.79 Å². The summed E-state index contributed by atoms with van der Waals surface area (Å²) in [5, 5.41) is 27.8. The molecule has 6 nitrogen and oxygen atoms in total. The van der Waals surface area contributed by atoms with E-state index >= 15 is 0 Å². The molecule has 0 saturated carbocycles. The topological polar surface area (TPSA) is 101 Å². The summed E-state index contributed by atoms with van der Waals surface area (Å²) in [7, 11) is 0. The maximum absolute atomic E-state index is 10.5. The number of nitro benzene ring substituents is 1. The Morgan fingerprint density at radius 2 is 2.00 bits per heavy atom. The highest BCUT2D eigenvalue weighted by Crippen LogP contribution is 2.36. The van der Waals surface area contributed by atoms with Crippen molar-refractivity contribution in [1.82, 2.24) is 0 Å².